The van der Waals surface area contributed by atoms with Gasteiger partial charge in [-0.1, -0.05) is 0 Å². The third kappa shape index (κ3) is 4.90. The van der Waals surface area contributed by atoms with E-state index in [1.54, 1.807) is 0 Å². The van der Waals surface area contributed by atoms with E-state index in [0.29, 0.717) is 18.0 Å². The smallest absolute Gasteiger partial charge is 0.271 e. The van der Waals surface area contributed by atoms with Crippen molar-refractivity contribution in [1.82, 2.24) is 4.90 Å². The number of nitrogens with one attached hydrogen (secondary N) is 1. The first-order valence-corrected chi connectivity index (χ1v) is 8.45. The van der Waals surface area contributed by atoms with E-state index in [1.807, 2.05) is 13.8 Å². The first-order chi connectivity index (χ1) is 12.0. The molecule has 1 aliphatic heterocycles. The molecule has 8 nitrogen and oxygen atoms in total. The van der Waals surface area contributed by atoms with Crippen molar-refractivity contribution in [2.75, 3.05) is 32.1 Å². The lowest BCUT2D eigenvalue weighted by Crippen LogP contribution is -2.47. The average molecular weight is 351 g/mol. The lowest BCUT2D eigenvalue weighted by atomic mass is 10.1. The van der Waals surface area contributed by atoms with E-state index >= 15 is 0 Å². The van der Waals surface area contributed by atoms with Gasteiger partial charge in [0.15, 0.2) is 0 Å². The average Bonchev–Trinajstić information content (AvgIpc) is 2.61. The number of nitrogens with zero attached hydrogens (tertiary/aromatic N) is 2. The summed E-state index contributed by atoms with van der Waals surface area (Å²) in [7, 11) is 1.46. The van der Waals surface area contributed by atoms with Crippen LogP contribution in [0.4, 0.5) is 11.4 Å². The summed E-state index contributed by atoms with van der Waals surface area (Å²) in [6.45, 7) is 6.08. The molecule has 0 spiro atoms. The number of hydrogen-bond donors (Lipinski definition) is 1. The number of hydrogen-bond acceptors (Lipinski definition) is 6. The standard InChI is InChI=1S/C17H25N3O5/c1-4-25-14-7-9-19(10-8-14)12(2)17(21)18-15-11-13(20(22)23)5-6-16(15)24-3/h5-6,11-12,14H,4,7-10H2,1-3H3,(H,18,21). The first kappa shape index (κ1) is 19.1. The number of methoxy groups -OCH3 is 1. The van der Waals surface area contributed by atoms with Gasteiger partial charge in [-0.15, -0.1) is 0 Å². The van der Waals surface area contributed by atoms with Crippen LogP contribution in [0.15, 0.2) is 18.2 Å². The van der Waals surface area contributed by atoms with E-state index in [1.165, 1.54) is 25.3 Å². The van der Waals surface area contributed by atoms with Gasteiger partial charge < -0.3 is 14.8 Å². The van der Waals surface area contributed by atoms with Crippen LogP contribution < -0.4 is 10.1 Å². The highest BCUT2D eigenvalue weighted by atomic mass is 16.6. The zero-order chi connectivity index (χ0) is 18.4. The molecule has 2 rings (SSSR count). The number of carbonyl (C=O) groups excluding carboxylic acids is 1. The van der Waals surface area contributed by atoms with E-state index in [2.05, 4.69) is 10.2 Å². The molecule has 25 heavy (non-hydrogen) atoms. The molecule has 0 aromatic heterocycles. The molecule has 0 bridgehead atoms. The minimum atomic E-state index is -0.503. The summed E-state index contributed by atoms with van der Waals surface area (Å²) in [4.78, 5) is 25.1. The van der Waals surface area contributed by atoms with Crippen molar-refractivity contribution in [3.63, 3.8) is 0 Å². The van der Waals surface area contributed by atoms with Crippen molar-refractivity contribution in [2.45, 2.75) is 38.8 Å². The highest BCUT2D eigenvalue weighted by Crippen LogP contribution is 2.29. The minimum Gasteiger partial charge on any atom is -0.495 e. The molecule has 1 heterocycles. The topological polar surface area (TPSA) is 93.9 Å². The monoisotopic (exact) mass is 351 g/mol. The summed E-state index contributed by atoms with van der Waals surface area (Å²) in [5.41, 5.74) is 0.207. The van der Waals surface area contributed by atoms with Crippen LogP contribution in [0, 0.1) is 10.1 Å². The van der Waals surface area contributed by atoms with Crippen LogP contribution in [0.3, 0.4) is 0 Å². The molecule has 1 atom stereocenters. The fourth-order valence-electron chi connectivity index (χ4n) is 2.98. The Balaban J connectivity index is 2.01. The van der Waals surface area contributed by atoms with Crippen molar-refractivity contribution >= 4 is 17.3 Å². The third-order valence-electron chi connectivity index (χ3n) is 4.46. The molecule has 1 N–H and O–H groups in total. The Labute approximate surface area is 147 Å². The van der Waals surface area contributed by atoms with Gasteiger partial charge in [0.05, 0.1) is 29.9 Å². The fraction of sp³-hybridized carbons (Fsp3) is 0.588. The van der Waals surface area contributed by atoms with Gasteiger partial charge in [0, 0.05) is 31.8 Å². The normalized spacial score (nSPS) is 17.1. The van der Waals surface area contributed by atoms with Crippen molar-refractivity contribution in [2.24, 2.45) is 0 Å². The van der Waals surface area contributed by atoms with Gasteiger partial charge >= 0.3 is 0 Å². The van der Waals surface area contributed by atoms with E-state index in [9.17, 15) is 14.9 Å². The SMILES string of the molecule is CCOC1CCN(C(C)C(=O)Nc2cc([N+](=O)[O-])ccc2OC)CC1. The van der Waals surface area contributed by atoms with Gasteiger partial charge in [0.1, 0.15) is 5.75 Å². The van der Waals surface area contributed by atoms with E-state index in [-0.39, 0.29) is 23.7 Å². The van der Waals surface area contributed by atoms with Crippen molar-refractivity contribution in [3.8, 4) is 5.75 Å². The summed E-state index contributed by atoms with van der Waals surface area (Å²) < 4.78 is 10.8. The van der Waals surface area contributed by atoms with Gasteiger partial charge in [-0.25, -0.2) is 0 Å². The molecule has 1 aromatic rings. The Morgan fingerprint density at radius 2 is 2.12 bits per heavy atom. The third-order valence-corrected chi connectivity index (χ3v) is 4.46. The molecule has 1 aromatic carbocycles. The molecular formula is C17H25N3O5. The number of nitro groups is 1. The largest absolute Gasteiger partial charge is 0.495 e. The Hall–Kier alpha value is -2.19. The second-order valence-corrected chi connectivity index (χ2v) is 6.00. The lowest BCUT2D eigenvalue weighted by Gasteiger charge is -2.35. The molecule has 1 saturated heterocycles. The predicted octanol–water partition coefficient (Wildman–Crippen LogP) is 2.43. The van der Waals surface area contributed by atoms with Crippen LogP contribution in [0.5, 0.6) is 5.75 Å². The fourth-order valence-corrected chi connectivity index (χ4v) is 2.98. The van der Waals surface area contributed by atoms with Crippen molar-refractivity contribution in [3.05, 3.63) is 28.3 Å². The predicted molar refractivity (Wildman–Crippen MR) is 94.0 cm³/mol. The summed E-state index contributed by atoms with van der Waals surface area (Å²) >= 11 is 0. The Morgan fingerprint density at radius 3 is 2.68 bits per heavy atom. The number of likely N-dealkylation sites (tertiary alicyclic amines) is 1. The van der Waals surface area contributed by atoms with Gasteiger partial charge in [0.25, 0.3) is 5.69 Å². The van der Waals surface area contributed by atoms with E-state index in [4.69, 9.17) is 9.47 Å². The Kier molecular flexibility index (Phi) is 6.72. The van der Waals surface area contributed by atoms with Crippen LogP contribution in [-0.4, -0.2) is 54.7 Å². The summed E-state index contributed by atoms with van der Waals surface area (Å²) in [6, 6.07) is 3.79. The number of nitro benzene ring substituents is 1. The van der Waals surface area contributed by atoms with Crippen LogP contribution in [-0.2, 0) is 9.53 Å². The van der Waals surface area contributed by atoms with Gasteiger partial charge in [-0.2, -0.15) is 0 Å². The number of non-ortho nitro benzene ring substituents is 1. The summed E-state index contributed by atoms with van der Waals surface area (Å²) in [6.07, 6.45) is 2.05. The maximum atomic E-state index is 12.6. The van der Waals surface area contributed by atoms with Crippen LogP contribution >= 0.6 is 0 Å². The number of rotatable bonds is 7. The maximum Gasteiger partial charge on any atom is 0.271 e. The quantitative estimate of drug-likeness (QED) is 0.599. The zero-order valence-corrected chi connectivity index (χ0v) is 14.9. The highest BCUT2D eigenvalue weighted by Gasteiger charge is 2.27. The Morgan fingerprint density at radius 1 is 1.44 bits per heavy atom. The van der Waals surface area contributed by atoms with Crippen LogP contribution in [0.2, 0.25) is 0 Å². The van der Waals surface area contributed by atoms with Gasteiger partial charge in [-0.3, -0.25) is 19.8 Å². The summed E-state index contributed by atoms with van der Waals surface area (Å²) in [5, 5.41) is 13.7. The molecule has 0 radical (unpaired) electrons. The maximum absolute atomic E-state index is 12.6. The van der Waals surface area contributed by atoms with Crippen LogP contribution in [0.25, 0.3) is 0 Å². The summed E-state index contributed by atoms with van der Waals surface area (Å²) in [5.74, 6) is 0.176. The first-order valence-electron chi connectivity index (χ1n) is 8.45. The molecular weight excluding hydrogens is 326 g/mol. The van der Waals surface area contributed by atoms with Gasteiger partial charge in [-0.05, 0) is 32.8 Å². The van der Waals surface area contributed by atoms with Crippen LogP contribution in [0.1, 0.15) is 26.7 Å². The number of benzene rings is 1. The second-order valence-electron chi connectivity index (χ2n) is 6.00. The molecule has 8 heteroatoms. The lowest BCUT2D eigenvalue weighted by molar-refractivity contribution is -0.384. The molecule has 138 valence electrons. The number of piperidine rings is 1. The molecule has 1 unspecified atom stereocenters. The highest BCUT2D eigenvalue weighted by molar-refractivity contribution is 5.96. The van der Waals surface area contributed by atoms with Gasteiger partial charge in [0.2, 0.25) is 5.91 Å². The number of anilines is 1. The molecule has 1 fully saturated rings. The number of carbonyl (C=O) groups is 1. The van der Waals surface area contributed by atoms with E-state index < -0.39 is 4.92 Å². The number of ether oxygens (including phenoxy) is 2. The molecule has 1 aliphatic rings. The van der Waals surface area contributed by atoms with Crippen molar-refractivity contribution < 1.29 is 19.2 Å². The minimum absolute atomic E-state index is 0.0960. The molecule has 0 saturated carbocycles. The number of amides is 1. The molecule has 1 amide bonds. The van der Waals surface area contributed by atoms with E-state index in [0.717, 1.165) is 25.9 Å². The second kappa shape index (κ2) is 8.77. The van der Waals surface area contributed by atoms with Crippen molar-refractivity contribution in [1.29, 1.82) is 0 Å². The Bertz CT molecular complexity index is 614. The zero-order valence-electron chi connectivity index (χ0n) is 14.9. The molecule has 0 aliphatic carbocycles.